The quantitative estimate of drug-likeness (QED) is 0.147. The Morgan fingerprint density at radius 3 is 1.64 bits per heavy atom. The van der Waals surface area contributed by atoms with Gasteiger partial charge in [0.1, 0.15) is 0 Å². The van der Waals surface area contributed by atoms with Crippen LogP contribution >= 0.6 is 11.3 Å². The number of hydrogen-bond donors (Lipinski definition) is 0. The van der Waals surface area contributed by atoms with Crippen molar-refractivity contribution in [1.29, 1.82) is 0 Å². The lowest BCUT2D eigenvalue weighted by atomic mass is 9.67. The van der Waals surface area contributed by atoms with Crippen LogP contribution in [0.2, 0.25) is 0 Å². The van der Waals surface area contributed by atoms with E-state index >= 15 is 0 Å². The number of hydrogen-bond acceptors (Lipinski definition) is 2. The van der Waals surface area contributed by atoms with Crippen LogP contribution in [-0.4, -0.2) is 0 Å². The maximum atomic E-state index is 2.48. The van der Waals surface area contributed by atoms with Crippen molar-refractivity contribution in [1.82, 2.24) is 0 Å². The molecule has 0 amide bonds. The Labute approximate surface area is 425 Å². The zero-order valence-electron chi connectivity index (χ0n) is 40.2. The van der Waals surface area contributed by atoms with Gasteiger partial charge >= 0.3 is 0 Å². The Bertz CT molecular complexity index is 4030. The van der Waals surface area contributed by atoms with E-state index in [4.69, 9.17) is 0 Å². The first-order chi connectivity index (χ1) is 35.5. The van der Waals surface area contributed by atoms with Crippen LogP contribution in [0.1, 0.15) is 47.2 Å². The first kappa shape index (κ1) is 42.3. The predicted molar refractivity (Wildman–Crippen MR) is 305 cm³/mol. The molecule has 12 aromatic rings. The Kier molecular flexibility index (Phi) is 9.71. The monoisotopic (exact) mass is 935 g/mol. The summed E-state index contributed by atoms with van der Waals surface area (Å²) in [5.74, 6) is 0. The molecular weight excluding hydrogens is 887 g/mol. The molecule has 0 spiro atoms. The van der Waals surface area contributed by atoms with Crippen molar-refractivity contribution in [3.63, 3.8) is 0 Å². The second kappa shape index (κ2) is 16.5. The van der Waals surface area contributed by atoms with E-state index in [2.05, 4.69) is 280 Å². The van der Waals surface area contributed by atoms with Crippen LogP contribution < -0.4 is 4.90 Å². The van der Waals surface area contributed by atoms with Gasteiger partial charge < -0.3 is 4.90 Å². The minimum atomic E-state index is -0.434. The SMILES string of the molecule is CC1(C)c2ccccc2-c2ccc(N(c3ccc(-c4cccc5sc6ccccc6c45)cc3)c3ccccc3-c3cccc(-c4ccc5c(c4)-c4ccccc4C5(c4ccccc4)c4ccccc4)c3)cc21. The molecule has 0 aliphatic heterocycles. The molecule has 0 unspecified atom stereocenters. The third-order valence-electron chi connectivity index (χ3n) is 15.8. The number of anilines is 3. The van der Waals surface area contributed by atoms with Crippen molar-refractivity contribution in [2.24, 2.45) is 0 Å². The van der Waals surface area contributed by atoms with Crippen LogP contribution in [0.25, 0.3) is 75.8 Å². The summed E-state index contributed by atoms with van der Waals surface area (Å²) < 4.78 is 2.63. The number of benzene rings is 11. The zero-order valence-corrected chi connectivity index (χ0v) is 41.0. The van der Waals surface area contributed by atoms with Gasteiger partial charge in [0.25, 0.3) is 0 Å². The van der Waals surface area contributed by atoms with Gasteiger partial charge in [-0.1, -0.05) is 220 Å². The van der Waals surface area contributed by atoms with Crippen LogP contribution in [0, 0.1) is 0 Å². The van der Waals surface area contributed by atoms with Crippen LogP contribution in [0.3, 0.4) is 0 Å². The summed E-state index contributed by atoms with van der Waals surface area (Å²) >= 11 is 1.87. The largest absolute Gasteiger partial charge is 0.310 e. The predicted octanol–water partition coefficient (Wildman–Crippen LogP) is 19.2. The van der Waals surface area contributed by atoms with Gasteiger partial charge in [-0.05, 0) is 138 Å². The van der Waals surface area contributed by atoms with E-state index in [0.717, 1.165) is 17.1 Å². The average molecular weight is 936 g/mol. The van der Waals surface area contributed by atoms with Crippen molar-refractivity contribution in [2.45, 2.75) is 24.7 Å². The number of nitrogens with zero attached hydrogens (tertiary/aromatic N) is 1. The van der Waals surface area contributed by atoms with Gasteiger partial charge in [-0.3, -0.25) is 0 Å². The maximum Gasteiger partial charge on any atom is 0.0713 e. The summed E-state index contributed by atoms with van der Waals surface area (Å²) in [7, 11) is 0. The normalized spacial score (nSPS) is 13.6. The summed E-state index contributed by atoms with van der Waals surface area (Å²) in [5, 5.41) is 2.64. The second-order valence-electron chi connectivity index (χ2n) is 19.9. The van der Waals surface area contributed by atoms with E-state index in [9.17, 15) is 0 Å². The smallest absolute Gasteiger partial charge is 0.0713 e. The third kappa shape index (κ3) is 6.39. The molecule has 2 heteroatoms. The van der Waals surface area contributed by atoms with E-state index in [1.807, 2.05) is 11.3 Å². The number of fused-ring (bicyclic) bond motifs is 9. The molecule has 1 aromatic heterocycles. The fraction of sp³-hybridized carbons (Fsp3) is 0.0571. The van der Waals surface area contributed by atoms with Gasteiger partial charge in [0.05, 0.1) is 11.1 Å². The highest BCUT2D eigenvalue weighted by molar-refractivity contribution is 7.25. The lowest BCUT2D eigenvalue weighted by Crippen LogP contribution is -2.28. The first-order valence-corrected chi connectivity index (χ1v) is 25.9. The molecule has 0 saturated heterocycles. The molecule has 2 aliphatic carbocycles. The summed E-state index contributed by atoms with van der Waals surface area (Å²) in [4.78, 5) is 2.48. The highest BCUT2D eigenvalue weighted by Gasteiger charge is 2.46. The molecular formula is C70H49NS. The molecule has 11 aromatic carbocycles. The van der Waals surface area contributed by atoms with Gasteiger partial charge in [0.2, 0.25) is 0 Å². The van der Waals surface area contributed by atoms with E-state index in [0.29, 0.717) is 0 Å². The summed E-state index contributed by atoms with van der Waals surface area (Å²) in [6.45, 7) is 4.74. The van der Waals surface area contributed by atoms with Crippen molar-refractivity contribution in [3.05, 3.63) is 294 Å². The Hall–Kier alpha value is -8.56. The van der Waals surface area contributed by atoms with Crippen molar-refractivity contribution in [2.75, 3.05) is 4.90 Å². The molecule has 2 aliphatic rings. The molecule has 0 N–H and O–H groups in total. The van der Waals surface area contributed by atoms with Crippen LogP contribution in [-0.2, 0) is 10.8 Å². The lowest BCUT2D eigenvalue weighted by Gasteiger charge is -2.33. The van der Waals surface area contributed by atoms with Crippen LogP contribution in [0.15, 0.2) is 261 Å². The van der Waals surface area contributed by atoms with Gasteiger partial charge in [0, 0.05) is 42.5 Å². The molecule has 0 saturated carbocycles. The van der Waals surface area contributed by atoms with Gasteiger partial charge in [-0.15, -0.1) is 11.3 Å². The minimum absolute atomic E-state index is 0.147. The Morgan fingerprint density at radius 2 is 0.861 bits per heavy atom. The van der Waals surface area contributed by atoms with Gasteiger partial charge in [-0.25, -0.2) is 0 Å². The topological polar surface area (TPSA) is 3.24 Å². The summed E-state index contributed by atoms with van der Waals surface area (Å²) in [5.41, 5.74) is 23.1. The van der Waals surface area contributed by atoms with Crippen LogP contribution in [0.5, 0.6) is 0 Å². The van der Waals surface area contributed by atoms with E-state index in [1.54, 1.807) is 0 Å². The third-order valence-corrected chi connectivity index (χ3v) is 16.9. The van der Waals surface area contributed by atoms with Gasteiger partial charge in [0.15, 0.2) is 0 Å². The standard InChI is InChI=1S/C70H49NS/c1-69(2)61-30-13-9-26-56(61)58-41-40-53(45-64(58)69)71(52-38-35-46(36-39-52)55-29-18-34-67-68(55)59-28-12-16-33-66(59)72-67)65-32-15-11-25-54(65)49-20-17-19-47(43-49)48-37-42-63-60(44-48)57-27-10-14-31-62(57)70(63,50-21-5-3-6-22-50)51-23-7-4-8-24-51/h3-45H,1-2H3. The molecule has 1 nitrogen and oxygen atoms in total. The zero-order chi connectivity index (χ0) is 48.0. The molecule has 0 fully saturated rings. The van der Waals surface area contributed by atoms with Crippen molar-refractivity contribution < 1.29 is 0 Å². The fourth-order valence-electron chi connectivity index (χ4n) is 12.5. The second-order valence-corrected chi connectivity index (χ2v) is 21.0. The molecule has 72 heavy (non-hydrogen) atoms. The first-order valence-electron chi connectivity index (χ1n) is 25.1. The molecule has 0 bridgehead atoms. The summed E-state index contributed by atoms with van der Waals surface area (Å²) in [6, 6.07) is 97.2. The van der Waals surface area contributed by atoms with E-state index in [1.165, 1.54) is 109 Å². The maximum absolute atomic E-state index is 2.48. The minimum Gasteiger partial charge on any atom is -0.310 e. The molecule has 0 radical (unpaired) electrons. The van der Waals surface area contributed by atoms with E-state index < -0.39 is 5.41 Å². The number of para-hydroxylation sites is 1. The summed E-state index contributed by atoms with van der Waals surface area (Å²) in [6.07, 6.45) is 0. The average Bonchev–Trinajstić information content (AvgIpc) is 4.05. The Balaban J connectivity index is 0.907. The Morgan fingerprint density at radius 1 is 0.319 bits per heavy atom. The number of thiophene rings is 1. The molecule has 1 heterocycles. The number of rotatable bonds is 8. The van der Waals surface area contributed by atoms with Crippen molar-refractivity contribution >= 4 is 48.6 Å². The molecule has 0 atom stereocenters. The molecule has 340 valence electrons. The fourth-order valence-corrected chi connectivity index (χ4v) is 13.6. The van der Waals surface area contributed by atoms with E-state index in [-0.39, 0.29) is 5.41 Å². The van der Waals surface area contributed by atoms with Crippen molar-refractivity contribution in [3.8, 4) is 55.6 Å². The highest BCUT2D eigenvalue weighted by atomic mass is 32.1. The highest BCUT2D eigenvalue weighted by Crippen LogP contribution is 2.57. The lowest BCUT2D eigenvalue weighted by molar-refractivity contribution is 0.660. The van der Waals surface area contributed by atoms with Gasteiger partial charge in [-0.2, -0.15) is 0 Å². The van der Waals surface area contributed by atoms with Crippen LogP contribution in [0.4, 0.5) is 17.1 Å². The molecule has 14 rings (SSSR count).